The molecule has 3 nitrogen and oxygen atoms in total. The van der Waals surface area contributed by atoms with Crippen molar-refractivity contribution in [1.29, 1.82) is 0 Å². The predicted octanol–water partition coefficient (Wildman–Crippen LogP) is 3.68. The minimum Gasteiger partial charge on any atom is -0.337 e. The lowest BCUT2D eigenvalue weighted by atomic mass is 10.1. The van der Waals surface area contributed by atoms with Crippen LogP contribution < -0.4 is 0 Å². The van der Waals surface area contributed by atoms with Gasteiger partial charge in [0, 0.05) is 38.3 Å². The van der Waals surface area contributed by atoms with Crippen LogP contribution in [0.2, 0.25) is 0 Å². The topological polar surface area (TPSA) is 23.6 Å². The van der Waals surface area contributed by atoms with Crippen LogP contribution in [0.4, 0.5) is 0 Å². The highest BCUT2D eigenvalue weighted by Gasteiger charge is 2.28. The Bertz CT molecular complexity index is 694. The van der Waals surface area contributed by atoms with Crippen molar-refractivity contribution < 1.29 is 4.79 Å². The van der Waals surface area contributed by atoms with Crippen molar-refractivity contribution >= 4 is 12.0 Å². The molecule has 0 N–H and O–H groups in total. The second-order valence-electron chi connectivity index (χ2n) is 6.41. The molecule has 1 saturated heterocycles. The number of benzene rings is 2. The fraction of sp³-hybridized carbons (Fsp3) is 0.286. The number of hydrogen-bond donors (Lipinski definition) is 0. The van der Waals surface area contributed by atoms with Crippen molar-refractivity contribution in [3.63, 3.8) is 0 Å². The van der Waals surface area contributed by atoms with Gasteiger partial charge in [0.05, 0.1) is 0 Å². The van der Waals surface area contributed by atoms with Gasteiger partial charge in [-0.3, -0.25) is 9.69 Å². The molecule has 0 bridgehead atoms. The Hall–Kier alpha value is -2.39. The first-order valence-electron chi connectivity index (χ1n) is 8.43. The molecule has 0 aliphatic carbocycles. The van der Waals surface area contributed by atoms with Gasteiger partial charge in [0.2, 0.25) is 0 Å². The molecular formula is C21H24N2O. The molecule has 1 unspecified atom stereocenters. The number of amides is 1. The van der Waals surface area contributed by atoms with E-state index in [4.69, 9.17) is 0 Å². The summed E-state index contributed by atoms with van der Waals surface area (Å²) < 4.78 is 0. The number of hydrogen-bond acceptors (Lipinski definition) is 2. The van der Waals surface area contributed by atoms with Gasteiger partial charge in [-0.2, -0.15) is 0 Å². The van der Waals surface area contributed by atoms with Crippen LogP contribution in [-0.2, 0) is 6.54 Å². The van der Waals surface area contributed by atoms with E-state index in [9.17, 15) is 4.79 Å². The summed E-state index contributed by atoms with van der Waals surface area (Å²) in [6.45, 7) is 6.66. The average Bonchev–Trinajstić information content (AvgIpc) is 3.10. The molecule has 1 atom stereocenters. The Labute approximate surface area is 144 Å². The monoisotopic (exact) mass is 320 g/mol. The van der Waals surface area contributed by atoms with Crippen molar-refractivity contribution in [2.75, 3.05) is 20.1 Å². The average molecular weight is 320 g/mol. The molecule has 1 fully saturated rings. The Kier molecular flexibility index (Phi) is 5.11. The third-order valence-corrected chi connectivity index (χ3v) is 4.76. The first-order valence-corrected chi connectivity index (χ1v) is 8.43. The molecule has 3 rings (SSSR count). The summed E-state index contributed by atoms with van der Waals surface area (Å²) in [6.07, 6.45) is 2.82. The van der Waals surface area contributed by atoms with E-state index in [2.05, 4.69) is 35.7 Å². The summed E-state index contributed by atoms with van der Waals surface area (Å²) in [5.41, 5.74) is 3.10. The van der Waals surface area contributed by atoms with Crippen LogP contribution in [0.15, 0.2) is 61.2 Å². The molecule has 3 heteroatoms. The van der Waals surface area contributed by atoms with Crippen LogP contribution >= 0.6 is 0 Å². The van der Waals surface area contributed by atoms with Crippen molar-refractivity contribution in [2.45, 2.75) is 19.0 Å². The number of carbonyl (C=O) groups excluding carboxylic acids is 1. The second kappa shape index (κ2) is 7.45. The highest BCUT2D eigenvalue weighted by molar-refractivity contribution is 5.94. The number of rotatable bonds is 5. The fourth-order valence-corrected chi connectivity index (χ4v) is 3.24. The number of likely N-dealkylation sites (N-methyl/N-ethyl adjacent to an activating group) is 1. The molecule has 24 heavy (non-hydrogen) atoms. The molecule has 2 aromatic carbocycles. The van der Waals surface area contributed by atoms with Gasteiger partial charge < -0.3 is 4.90 Å². The summed E-state index contributed by atoms with van der Waals surface area (Å²) in [4.78, 5) is 17.0. The summed E-state index contributed by atoms with van der Waals surface area (Å²) >= 11 is 0. The standard InChI is InChI=1S/C21H24N2O/c1-3-17-9-11-19(12-10-17)21(24)22(2)20-13-14-23(16-20)15-18-7-5-4-6-8-18/h3-12,20H,1,13-16H2,2H3. The summed E-state index contributed by atoms with van der Waals surface area (Å²) in [7, 11) is 1.92. The zero-order valence-electron chi connectivity index (χ0n) is 14.2. The van der Waals surface area contributed by atoms with Gasteiger partial charge in [-0.15, -0.1) is 0 Å². The van der Waals surface area contributed by atoms with Crippen molar-refractivity contribution in [2.24, 2.45) is 0 Å². The maximum Gasteiger partial charge on any atom is 0.253 e. The Morgan fingerprint density at radius 1 is 1.21 bits per heavy atom. The lowest BCUT2D eigenvalue weighted by molar-refractivity contribution is 0.0735. The van der Waals surface area contributed by atoms with Crippen LogP contribution in [0.3, 0.4) is 0 Å². The third kappa shape index (κ3) is 3.74. The first-order chi connectivity index (χ1) is 11.7. The quantitative estimate of drug-likeness (QED) is 0.839. The lowest BCUT2D eigenvalue weighted by Gasteiger charge is -2.25. The molecule has 1 aliphatic rings. The lowest BCUT2D eigenvalue weighted by Crippen LogP contribution is -2.38. The maximum atomic E-state index is 12.7. The highest BCUT2D eigenvalue weighted by Crippen LogP contribution is 2.19. The Morgan fingerprint density at radius 3 is 2.58 bits per heavy atom. The largest absolute Gasteiger partial charge is 0.337 e. The van der Waals surface area contributed by atoms with E-state index in [1.807, 2.05) is 42.3 Å². The summed E-state index contributed by atoms with van der Waals surface area (Å²) in [6, 6.07) is 18.4. The van der Waals surface area contributed by atoms with Crippen molar-refractivity contribution in [1.82, 2.24) is 9.80 Å². The van der Waals surface area contributed by atoms with E-state index in [1.54, 1.807) is 6.08 Å². The predicted molar refractivity (Wildman–Crippen MR) is 98.8 cm³/mol. The smallest absolute Gasteiger partial charge is 0.253 e. The minimum atomic E-state index is 0.0946. The van der Waals surface area contributed by atoms with Gasteiger partial charge in [0.1, 0.15) is 0 Å². The Balaban J connectivity index is 1.60. The molecule has 0 aromatic heterocycles. The summed E-state index contributed by atoms with van der Waals surface area (Å²) in [5.74, 6) is 0.0946. The van der Waals surface area contributed by atoms with Gasteiger partial charge in [0.15, 0.2) is 0 Å². The molecule has 0 saturated carbocycles. The van der Waals surface area contributed by atoms with E-state index < -0.39 is 0 Å². The number of carbonyl (C=O) groups is 1. The van der Waals surface area contributed by atoms with Crippen LogP contribution in [0.5, 0.6) is 0 Å². The fourth-order valence-electron chi connectivity index (χ4n) is 3.24. The van der Waals surface area contributed by atoms with Gasteiger partial charge in [-0.25, -0.2) is 0 Å². The van der Waals surface area contributed by atoms with Crippen molar-refractivity contribution in [3.8, 4) is 0 Å². The van der Waals surface area contributed by atoms with Crippen LogP contribution in [0.1, 0.15) is 27.9 Å². The van der Waals surface area contributed by atoms with Gasteiger partial charge in [0.25, 0.3) is 5.91 Å². The SMILES string of the molecule is C=Cc1ccc(C(=O)N(C)C2CCN(Cc3ccccc3)C2)cc1. The molecule has 1 amide bonds. The van der Waals surface area contributed by atoms with Gasteiger partial charge in [-0.05, 0) is 29.7 Å². The van der Waals surface area contributed by atoms with E-state index in [0.29, 0.717) is 0 Å². The zero-order valence-corrected chi connectivity index (χ0v) is 14.2. The summed E-state index contributed by atoms with van der Waals surface area (Å²) in [5, 5.41) is 0. The van der Waals surface area contributed by atoms with E-state index >= 15 is 0 Å². The van der Waals surface area contributed by atoms with Gasteiger partial charge in [-0.1, -0.05) is 55.1 Å². The molecule has 2 aromatic rings. The van der Waals surface area contributed by atoms with Crippen LogP contribution in [0, 0.1) is 0 Å². The second-order valence-corrected chi connectivity index (χ2v) is 6.41. The molecule has 0 radical (unpaired) electrons. The zero-order chi connectivity index (χ0) is 16.9. The normalized spacial score (nSPS) is 17.6. The molecule has 1 heterocycles. The van der Waals surface area contributed by atoms with E-state index in [1.165, 1.54) is 5.56 Å². The van der Waals surface area contributed by atoms with E-state index in [-0.39, 0.29) is 11.9 Å². The van der Waals surface area contributed by atoms with Crippen LogP contribution in [0.25, 0.3) is 6.08 Å². The van der Waals surface area contributed by atoms with Crippen LogP contribution in [-0.4, -0.2) is 41.9 Å². The Morgan fingerprint density at radius 2 is 1.92 bits per heavy atom. The third-order valence-electron chi connectivity index (χ3n) is 4.76. The van der Waals surface area contributed by atoms with Gasteiger partial charge >= 0.3 is 0 Å². The molecule has 0 spiro atoms. The molecular weight excluding hydrogens is 296 g/mol. The number of nitrogens with zero attached hydrogens (tertiary/aromatic N) is 2. The molecule has 1 aliphatic heterocycles. The minimum absolute atomic E-state index is 0.0946. The molecule has 124 valence electrons. The maximum absolute atomic E-state index is 12.7. The first kappa shape index (κ1) is 16.5. The van der Waals surface area contributed by atoms with Crippen molar-refractivity contribution in [3.05, 3.63) is 77.9 Å². The van der Waals surface area contributed by atoms with E-state index in [0.717, 1.165) is 37.2 Å². The highest BCUT2D eigenvalue weighted by atomic mass is 16.2. The number of likely N-dealkylation sites (tertiary alicyclic amines) is 1.